The number of rotatable bonds is 4. The minimum Gasteiger partial charge on any atom is -0.464 e. The molecule has 0 N–H and O–H groups in total. The van der Waals surface area contributed by atoms with Crippen molar-refractivity contribution in [2.75, 3.05) is 0 Å². The number of nitrogens with zero attached hydrogens (tertiary/aromatic N) is 4. The monoisotopic (exact) mass is 356 g/mol. The largest absolute Gasteiger partial charge is 0.464 e. The molecule has 0 fully saturated rings. The van der Waals surface area contributed by atoms with Gasteiger partial charge >= 0.3 is 0 Å². The maximum atomic E-state index is 13.1. The quantitative estimate of drug-likeness (QED) is 0.494. The van der Waals surface area contributed by atoms with Gasteiger partial charge < -0.3 is 8.82 Å². The fourth-order valence-electron chi connectivity index (χ4n) is 3.35. The van der Waals surface area contributed by atoms with Crippen molar-refractivity contribution in [3.8, 4) is 11.3 Å². The minimum atomic E-state index is -0.122. The molecule has 4 aromatic heterocycles. The lowest BCUT2D eigenvalue weighted by molar-refractivity contribution is 0.577. The molecular formula is C21H16N4O2. The molecule has 5 rings (SSSR count). The summed E-state index contributed by atoms with van der Waals surface area (Å²) in [5.74, 6) is 0.677. The smallest absolute Gasteiger partial charge is 0.275 e. The number of hydrogen-bond donors (Lipinski definition) is 0. The standard InChI is InChI=1S/C21H16N4O2/c26-21-20-15(5-3-6-17(20)18-7-4-12-27-18)13-22-25(21)11-9-16-14-24-10-2-1-8-19(24)23-16/h1-8,10,12-14H,9,11H2. The molecule has 0 unspecified atom stereocenters. The van der Waals surface area contributed by atoms with Crippen LogP contribution in [0.3, 0.4) is 0 Å². The molecule has 0 saturated carbocycles. The molecule has 132 valence electrons. The molecule has 0 amide bonds. The van der Waals surface area contributed by atoms with Crippen LogP contribution in [0.4, 0.5) is 0 Å². The zero-order valence-corrected chi connectivity index (χ0v) is 14.4. The third-order valence-electron chi connectivity index (χ3n) is 4.66. The number of fused-ring (bicyclic) bond motifs is 2. The van der Waals surface area contributed by atoms with Gasteiger partial charge in [-0.25, -0.2) is 9.67 Å². The van der Waals surface area contributed by atoms with Gasteiger partial charge in [0.1, 0.15) is 11.4 Å². The summed E-state index contributed by atoms with van der Waals surface area (Å²) in [6.07, 6.45) is 7.91. The number of imidazole rings is 1. The summed E-state index contributed by atoms with van der Waals surface area (Å²) in [5, 5.41) is 5.76. The summed E-state index contributed by atoms with van der Waals surface area (Å²) in [6, 6.07) is 15.2. The first kappa shape index (κ1) is 15.6. The third kappa shape index (κ3) is 2.71. The molecular weight excluding hydrogens is 340 g/mol. The van der Waals surface area contributed by atoms with Gasteiger partial charge in [0.2, 0.25) is 0 Å². The Hall–Kier alpha value is -3.67. The molecule has 0 atom stereocenters. The number of aryl methyl sites for hydroxylation is 2. The van der Waals surface area contributed by atoms with Crippen LogP contribution >= 0.6 is 0 Å². The van der Waals surface area contributed by atoms with Crippen molar-refractivity contribution in [2.45, 2.75) is 13.0 Å². The Bertz CT molecular complexity index is 1270. The fraction of sp³-hybridized carbons (Fsp3) is 0.0952. The first-order chi connectivity index (χ1) is 13.3. The lowest BCUT2D eigenvalue weighted by Crippen LogP contribution is -2.24. The normalized spacial score (nSPS) is 11.4. The van der Waals surface area contributed by atoms with E-state index in [1.165, 1.54) is 4.68 Å². The van der Waals surface area contributed by atoms with Gasteiger partial charge in [-0.05, 0) is 24.3 Å². The highest BCUT2D eigenvalue weighted by atomic mass is 16.3. The Morgan fingerprint density at radius 2 is 2.00 bits per heavy atom. The van der Waals surface area contributed by atoms with Crippen LogP contribution in [0.15, 0.2) is 82.6 Å². The number of hydrogen-bond acceptors (Lipinski definition) is 4. The van der Waals surface area contributed by atoms with Crippen molar-refractivity contribution in [2.24, 2.45) is 0 Å². The molecule has 6 nitrogen and oxygen atoms in total. The van der Waals surface area contributed by atoms with E-state index in [4.69, 9.17) is 4.42 Å². The highest BCUT2D eigenvalue weighted by molar-refractivity contribution is 5.94. The molecule has 27 heavy (non-hydrogen) atoms. The van der Waals surface area contributed by atoms with Crippen LogP contribution < -0.4 is 5.56 Å². The summed E-state index contributed by atoms with van der Waals surface area (Å²) >= 11 is 0. The molecule has 1 aromatic carbocycles. The average molecular weight is 356 g/mol. The molecule has 4 heterocycles. The Labute approximate surface area is 154 Å². The predicted molar refractivity (Wildman–Crippen MR) is 103 cm³/mol. The number of pyridine rings is 1. The molecule has 5 aromatic rings. The highest BCUT2D eigenvalue weighted by Crippen LogP contribution is 2.26. The van der Waals surface area contributed by atoms with Crippen molar-refractivity contribution in [1.29, 1.82) is 0 Å². The van der Waals surface area contributed by atoms with Gasteiger partial charge in [-0.3, -0.25) is 4.79 Å². The van der Waals surface area contributed by atoms with Crippen molar-refractivity contribution < 1.29 is 4.42 Å². The van der Waals surface area contributed by atoms with Gasteiger partial charge in [0, 0.05) is 29.8 Å². The lowest BCUT2D eigenvalue weighted by Gasteiger charge is -2.07. The van der Waals surface area contributed by atoms with Gasteiger partial charge in [-0.15, -0.1) is 0 Å². The van der Waals surface area contributed by atoms with Crippen LogP contribution in [-0.4, -0.2) is 19.2 Å². The Morgan fingerprint density at radius 3 is 2.85 bits per heavy atom. The van der Waals surface area contributed by atoms with E-state index in [1.54, 1.807) is 12.5 Å². The second kappa shape index (κ2) is 6.25. The molecule has 0 spiro atoms. The van der Waals surface area contributed by atoms with E-state index in [-0.39, 0.29) is 5.56 Å². The summed E-state index contributed by atoms with van der Waals surface area (Å²) in [5.41, 5.74) is 2.48. The van der Waals surface area contributed by atoms with E-state index < -0.39 is 0 Å². The lowest BCUT2D eigenvalue weighted by atomic mass is 10.1. The van der Waals surface area contributed by atoms with Gasteiger partial charge in [0.15, 0.2) is 0 Å². The van der Waals surface area contributed by atoms with Crippen LogP contribution in [0.25, 0.3) is 27.7 Å². The van der Waals surface area contributed by atoms with Crippen molar-refractivity contribution in [1.82, 2.24) is 19.2 Å². The summed E-state index contributed by atoms with van der Waals surface area (Å²) in [6.45, 7) is 0.463. The Balaban J connectivity index is 1.53. The van der Waals surface area contributed by atoms with E-state index >= 15 is 0 Å². The number of aromatic nitrogens is 4. The minimum absolute atomic E-state index is 0.122. The topological polar surface area (TPSA) is 65.3 Å². The van der Waals surface area contributed by atoms with Gasteiger partial charge in [-0.1, -0.05) is 24.3 Å². The maximum Gasteiger partial charge on any atom is 0.275 e. The zero-order valence-electron chi connectivity index (χ0n) is 14.4. The predicted octanol–water partition coefficient (Wildman–Crippen LogP) is 3.55. The Morgan fingerprint density at radius 1 is 1.04 bits per heavy atom. The summed E-state index contributed by atoms with van der Waals surface area (Å²) in [7, 11) is 0. The van der Waals surface area contributed by atoms with Crippen LogP contribution in [-0.2, 0) is 13.0 Å². The highest BCUT2D eigenvalue weighted by Gasteiger charge is 2.12. The fourth-order valence-corrected chi connectivity index (χ4v) is 3.35. The number of benzene rings is 1. The van der Waals surface area contributed by atoms with Crippen molar-refractivity contribution >= 4 is 16.4 Å². The first-order valence-electron chi connectivity index (χ1n) is 8.75. The summed E-state index contributed by atoms with van der Waals surface area (Å²) < 4.78 is 8.98. The second-order valence-corrected chi connectivity index (χ2v) is 6.37. The van der Waals surface area contributed by atoms with Crippen molar-refractivity contribution in [3.63, 3.8) is 0 Å². The third-order valence-corrected chi connectivity index (χ3v) is 4.66. The maximum absolute atomic E-state index is 13.1. The second-order valence-electron chi connectivity index (χ2n) is 6.37. The first-order valence-corrected chi connectivity index (χ1v) is 8.75. The van der Waals surface area contributed by atoms with Gasteiger partial charge in [0.25, 0.3) is 5.56 Å². The van der Waals surface area contributed by atoms with E-state index in [0.717, 1.165) is 22.3 Å². The van der Waals surface area contributed by atoms with Crippen LogP contribution in [0, 0.1) is 0 Å². The summed E-state index contributed by atoms with van der Waals surface area (Å²) in [4.78, 5) is 17.7. The van der Waals surface area contributed by atoms with E-state index in [0.29, 0.717) is 24.1 Å². The molecule has 0 bridgehead atoms. The molecule has 0 aliphatic heterocycles. The Kier molecular flexibility index (Phi) is 3.60. The molecule has 0 radical (unpaired) electrons. The number of furan rings is 1. The van der Waals surface area contributed by atoms with Gasteiger partial charge in [0.05, 0.1) is 30.1 Å². The van der Waals surface area contributed by atoms with E-state index in [1.807, 2.05) is 65.3 Å². The molecule has 0 aliphatic carbocycles. The average Bonchev–Trinajstić information content (AvgIpc) is 3.36. The van der Waals surface area contributed by atoms with Gasteiger partial charge in [-0.2, -0.15) is 5.10 Å². The van der Waals surface area contributed by atoms with Crippen LogP contribution in [0.2, 0.25) is 0 Å². The van der Waals surface area contributed by atoms with Crippen molar-refractivity contribution in [3.05, 3.63) is 89.4 Å². The molecule has 0 saturated heterocycles. The SMILES string of the molecule is O=c1c2c(-c3ccco3)cccc2cnn1CCc1cn2ccccc2n1. The van der Waals surface area contributed by atoms with E-state index in [2.05, 4.69) is 10.1 Å². The van der Waals surface area contributed by atoms with Crippen LogP contribution in [0.5, 0.6) is 0 Å². The molecule has 0 aliphatic rings. The zero-order chi connectivity index (χ0) is 18.2. The van der Waals surface area contributed by atoms with Crippen LogP contribution in [0.1, 0.15) is 5.69 Å². The van der Waals surface area contributed by atoms with E-state index in [9.17, 15) is 4.79 Å². The molecule has 6 heteroatoms.